The van der Waals surface area contributed by atoms with Crippen LogP contribution in [0.15, 0.2) is 114 Å². The molecule has 5 rings (SSSR count). The topological polar surface area (TPSA) is 68.3 Å². The summed E-state index contributed by atoms with van der Waals surface area (Å²) in [5.74, 6) is 2.05. The molecule has 1 aromatic heterocycles. The van der Waals surface area contributed by atoms with E-state index < -0.39 is 0 Å². The van der Waals surface area contributed by atoms with Gasteiger partial charge in [0.05, 0.1) is 5.69 Å². The third-order valence-electron chi connectivity index (χ3n) is 6.69. The predicted octanol–water partition coefficient (Wildman–Crippen LogP) is 11.7. The summed E-state index contributed by atoms with van der Waals surface area (Å²) in [6.07, 6.45) is 0. The van der Waals surface area contributed by atoms with Crippen LogP contribution in [0.3, 0.4) is 0 Å². The maximum absolute atomic E-state index is 6.51. The molecule has 0 N–H and O–H groups in total. The molecule has 0 fully saturated rings. The van der Waals surface area contributed by atoms with Crippen molar-refractivity contribution in [2.24, 2.45) is 0 Å². The largest absolute Gasteiger partial charge is 0.673 e. The Kier molecular flexibility index (Phi) is 18.2. The molecular weight excluding hydrogens is 719 g/mol. The molecule has 5 nitrogen and oxygen atoms in total. The van der Waals surface area contributed by atoms with Gasteiger partial charge in [0, 0.05) is 37.0 Å². The second kappa shape index (κ2) is 20.7. The maximum atomic E-state index is 6.51. The van der Waals surface area contributed by atoms with E-state index in [2.05, 4.69) is 92.9 Å². The molecule has 0 bridgehead atoms. The van der Waals surface area contributed by atoms with E-state index >= 15 is 0 Å². The number of nitrogens with zero attached hydrogens (tertiary/aromatic N) is 4. The van der Waals surface area contributed by atoms with Crippen LogP contribution in [-0.2, 0) is 25.8 Å². The van der Waals surface area contributed by atoms with Gasteiger partial charge in [-0.2, -0.15) is 28.2 Å². The summed E-state index contributed by atoms with van der Waals surface area (Å²) < 4.78 is 6.51. The molecule has 4 aromatic carbocycles. The minimum absolute atomic E-state index is 0. The standard InChI is InChI=1S/C34H33N2O.2C2H6N.CH3.Hf/c1-23(2)28-21-14-22-29(24(3)4)31(28)35-30(25-15-8-5-9-16-25)32-33(26-17-10-6-11-18-26)37-34(36-32)27-19-12-7-13-20-27;2*1-3-2;;/h5-24,30H,1-4H3;2*1-2H3;1H3;/q4*-1;. The molecule has 0 aliphatic rings. The van der Waals surface area contributed by atoms with E-state index in [0.717, 1.165) is 33.8 Å². The number of para-hydroxylation sites is 1. The molecule has 0 amide bonds. The Morgan fingerprint density at radius 2 is 1.00 bits per heavy atom. The average molecular weight is 767 g/mol. The monoisotopic (exact) mass is 768 g/mol. The van der Waals surface area contributed by atoms with Crippen molar-refractivity contribution >= 4 is 5.69 Å². The van der Waals surface area contributed by atoms with Crippen molar-refractivity contribution in [1.82, 2.24) is 4.98 Å². The predicted molar refractivity (Wildman–Crippen MR) is 190 cm³/mol. The van der Waals surface area contributed by atoms with Crippen molar-refractivity contribution in [3.05, 3.63) is 155 Å². The maximum Gasteiger partial charge on any atom is 0.226 e. The van der Waals surface area contributed by atoms with Crippen molar-refractivity contribution in [2.45, 2.75) is 45.6 Å². The van der Waals surface area contributed by atoms with Crippen molar-refractivity contribution in [3.8, 4) is 22.8 Å². The molecule has 0 aliphatic carbocycles. The van der Waals surface area contributed by atoms with Gasteiger partial charge in [0.2, 0.25) is 5.89 Å². The van der Waals surface area contributed by atoms with E-state index in [1.54, 1.807) is 28.2 Å². The van der Waals surface area contributed by atoms with E-state index in [1.807, 2.05) is 54.6 Å². The number of hydrogen-bond acceptors (Lipinski definition) is 2. The molecule has 1 heterocycles. The molecule has 0 spiro atoms. The van der Waals surface area contributed by atoms with Gasteiger partial charge >= 0.3 is 0 Å². The molecule has 6 heteroatoms. The van der Waals surface area contributed by atoms with Crippen molar-refractivity contribution in [3.63, 3.8) is 0 Å². The van der Waals surface area contributed by atoms with Gasteiger partial charge in [-0.05, 0) is 30.0 Å². The summed E-state index contributed by atoms with van der Waals surface area (Å²) in [6.45, 7) is 8.92. The Hall–Kier alpha value is -3.32. The average Bonchev–Trinajstić information content (AvgIpc) is 3.47. The number of oxazole rings is 1. The fourth-order valence-corrected chi connectivity index (χ4v) is 4.74. The molecule has 45 heavy (non-hydrogen) atoms. The molecule has 0 saturated carbocycles. The Morgan fingerprint density at radius 1 is 0.578 bits per heavy atom. The Morgan fingerprint density at radius 3 is 1.44 bits per heavy atom. The van der Waals surface area contributed by atoms with E-state index in [0.29, 0.717) is 17.7 Å². The Bertz CT molecular complexity index is 1460. The molecule has 238 valence electrons. The summed E-state index contributed by atoms with van der Waals surface area (Å²) in [4.78, 5) is 5.12. The van der Waals surface area contributed by atoms with E-state index in [9.17, 15) is 0 Å². The third kappa shape index (κ3) is 10.9. The molecule has 0 radical (unpaired) electrons. The molecule has 1 unspecified atom stereocenters. The van der Waals surface area contributed by atoms with E-state index in [-0.39, 0.29) is 39.3 Å². The third-order valence-corrected chi connectivity index (χ3v) is 6.69. The van der Waals surface area contributed by atoms with E-state index in [4.69, 9.17) is 14.7 Å². The normalized spacial score (nSPS) is 10.8. The van der Waals surface area contributed by atoms with Crippen LogP contribution in [-0.4, -0.2) is 33.2 Å². The van der Waals surface area contributed by atoms with Gasteiger partial charge in [-0.25, -0.2) is 4.98 Å². The van der Waals surface area contributed by atoms with Gasteiger partial charge in [0.1, 0.15) is 0 Å². The fourth-order valence-electron chi connectivity index (χ4n) is 4.74. The van der Waals surface area contributed by atoms with Gasteiger partial charge < -0.3 is 27.8 Å². The van der Waals surface area contributed by atoms with Crippen LogP contribution in [0.5, 0.6) is 0 Å². The van der Waals surface area contributed by atoms with Gasteiger partial charge in [-0.15, -0.1) is 5.69 Å². The van der Waals surface area contributed by atoms with Gasteiger partial charge in [-0.3, -0.25) is 0 Å². The van der Waals surface area contributed by atoms with Crippen LogP contribution in [0.4, 0.5) is 5.69 Å². The quantitative estimate of drug-likeness (QED) is 0.117. The molecule has 0 aliphatic heterocycles. The SMILES string of the molecule is CC(C)c1cccc(C(C)C)c1[N-]C(c1ccccc1)c1nc(-c2ccccc2)oc1-c1ccccc1.C[N-]C.C[N-]C.[CH3-].[Hf]. The van der Waals surface area contributed by atoms with Gasteiger partial charge in [0.25, 0.3) is 0 Å². The first-order valence-corrected chi connectivity index (χ1v) is 14.8. The zero-order chi connectivity index (χ0) is 31.2. The second-order valence-electron chi connectivity index (χ2n) is 10.9. The zero-order valence-electron chi connectivity index (χ0n) is 28.3. The summed E-state index contributed by atoms with van der Waals surface area (Å²) in [7, 11) is 7.00. The first kappa shape index (κ1) is 39.7. The Labute approximate surface area is 291 Å². The minimum Gasteiger partial charge on any atom is -0.673 e. The van der Waals surface area contributed by atoms with Crippen molar-refractivity contribution in [2.75, 3.05) is 28.2 Å². The fraction of sp³-hybridized carbons (Fsp3) is 0.282. The van der Waals surface area contributed by atoms with Crippen LogP contribution >= 0.6 is 0 Å². The summed E-state index contributed by atoms with van der Waals surface area (Å²) in [6, 6.07) is 37.0. The molecular formula is C39H48HfN4O-4. The first-order valence-electron chi connectivity index (χ1n) is 14.8. The summed E-state index contributed by atoms with van der Waals surface area (Å²) in [5, 5.41) is 12.5. The van der Waals surface area contributed by atoms with Gasteiger partial charge in [-0.1, -0.05) is 141 Å². The smallest absolute Gasteiger partial charge is 0.226 e. The minimum atomic E-state index is -0.324. The van der Waals surface area contributed by atoms with E-state index in [1.165, 1.54) is 11.1 Å². The van der Waals surface area contributed by atoms with Crippen LogP contribution in [0, 0.1) is 7.43 Å². The number of aromatic nitrogens is 1. The molecule has 1 atom stereocenters. The van der Waals surface area contributed by atoms with Gasteiger partial charge in [0.15, 0.2) is 5.76 Å². The van der Waals surface area contributed by atoms with Crippen LogP contribution in [0.25, 0.3) is 38.7 Å². The number of benzene rings is 4. The van der Waals surface area contributed by atoms with Crippen LogP contribution in [0.2, 0.25) is 0 Å². The first-order chi connectivity index (χ1) is 20.9. The van der Waals surface area contributed by atoms with Crippen molar-refractivity contribution in [1.29, 1.82) is 0 Å². The second-order valence-corrected chi connectivity index (χ2v) is 10.9. The molecule has 0 saturated heterocycles. The van der Waals surface area contributed by atoms with Crippen LogP contribution < -0.4 is 0 Å². The Balaban J connectivity index is 0.00000117. The van der Waals surface area contributed by atoms with Crippen LogP contribution in [0.1, 0.15) is 68.0 Å². The summed E-state index contributed by atoms with van der Waals surface area (Å²) in [5.41, 5.74) is 7.41. The molecule has 5 aromatic rings. The number of rotatable bonds is 8. The zero-order valence-corrected chi connectivity index (χ0v) is 31.9. The summed E-state index contributed by atoms with van der Waals surface area (Å²) >= 11 is 0. The van der Waals surface area contributed by atoms with Crippen molar-refractivity contribution < 1.29 is 30.3 Å². The number of hydrogen-bond donors (Lipinski definition) is 0.